The first kappa shape index (κ1) is 8.49. The van der Waals surface area contributed by atoms with E-state index in [9.17, 15) is 4.79 Å². The predicted octanol–water partition coefficient (Wildman–Crippen LogP) is -0.112. The molecule has 1 saturated heterocycles. The number of hydrogen-bond acceptors (Lipinski definition) is 3. The molecule has 0 aromatic heterocycles. The molecule has 0 bridgehead atoms. The quantitative estimate of drug-likeness (QED) is 0.610. The first-order valence-electron chi connectivity index (χ1n) is 3.95. The molecule has 11 heavy (non-hydrogen) atoms. The van der Waals surface area contributed by atoms with Gasteiger partial charge in [-0.2, -0.15) is 0 Å². The van der Waals surface area contributed by atoms with Crippen LogP contribution < -0.4 is 5.73 Å². The summed E-state index contributed by atoms with van der Waals surface area (Å²) in [5.74, 6) is -0.0926. The van der Waals surface area contributed by atoms with E-state index in [0.29, 0.717) is 19.6 Å². The minimum absolute atomic E-state index is 0.0926. The lowest BCUT2D eigenvalue weighted by Crippen LogP contribution is -2.41. The van der Waals surface area contributed by atoms with E-state index in [4.69, 9.17) is 10.6 Å². The van der Waals surface area contributed by atoms with Gasteiger partial charge in [0.25, 0.3) is 5.91 Å². The lowest BCUT2D eigenvalue weighted by atomic mass is 10.2. The fourth-order valence-electron chi connectivity index (χ4n) is 0.981. The maximum atomic E-state index is 11.3. The fourth-order valence-corrected chi connectivity index (χ4v) is 0.981. The van der Waals surface area contributed by atoms with Gasteiger partial charge in [-0.25, -0.2) is 5.06 Å². The third-order valence-electron chi connectivity index (χ3n) is 1.76. The van der Waals surface area contributed by atoms with E-state index in [0.717, 1.165) is 6.42 Å². The first-order valence-corrected chi connectivity index (χ1v) is 3.95. The van der Waals surface area contributed by atoms with Crippen LogP contribution >= 0.6 is 0 Å². The van der Waals surface area contributed by atoms with Crippen molar-refractivity contribution in [2.45, 2.75) is 25.8 Å². The van der Waals surface area contributed by atoms with Crippen molar-refractivity contribution in [1.29, 1.82) is 0 Å². The normalized spacial score (nSPS) is 20.4. The summed E-state index contributed by atoms with van der Waals surface area (Å²) in [6.45, 7) is 3.22. The van der Waals surface area contributed by atoms with E-state index in [-0.39, 0.29) is 5.91 Å². The van der Waals surface area contributed by atoms with Gasteiger partial charge >= 0.3 is 0 Å². The molecule has 4 heteroatoms. The van der Waals surface area contributed by atoms with Crippen LogP contribution in [0.4, 0.5) is 0 Å². The van der Waals surface area contributed by atoms with Gasteiger partial charge < -0.3 is 5.73 Å². The van der Waals surface area contributed by atoms with Gasteiger partial charge in [-0.3, -0.25) is 9.63 Å². The Morgan fingerprint density at radius 1 is 1.82 bits per heavy atom. The molecule has 1 aliphatic heterocycles. The standard InChI is InChI=1S/C7H14N2O2/c1-2-6(8)7(10)9-4-3-5-11-9/h6H,2-5,8H2,1H3/t6-/m0/s1. The van der Waals surface area contributed by atoms with E-state index in [1.807, 2.05) is 6.92 Å². The summed E-state index contributed by atoms with van der Waals surface area (Å²) in [5.41, 5.74) is 5.53. The highest BCUT2D eigenvalue weighted by Crippen LogP contribution is 2.06. The number of carbonyl (C=O) groups is 1. The van der Waals surface area contributed by atoms with Crippen LogP contribution in [-0.2, 0) is 9.63 Å². The Bertz CT molecular complexity index is 143. The maximum Gasteiger partial charge on any atom is 0.262 e. The van der Waals surface area contributed by atoms with Crippen LogP contribution in [0.25, 0.3) is 0 Å². The maximum absolute atomic E-state index is 11.3. The molecule has 4 nitrogen and oxygen atoms in total. The Morgan fingerprint density at radius 3 is 3.00 bits per heavy atom. The summed E-state index contributed by atoms with van der Waals surface area (Å²) in [5, 5.41) is 1.37. The zero-order valence-electron chi connectivity index (χ0n) is 6.75. The number of nitrogens with two attached hydrogens (primary N) is 1. The van der Waals surface area contributed by atoms with Crippen LogP contribution in [0.1, 0.15) is 19.8 Å². The molecule has 1 atom stereocenters. The second-order valence-electron chi connectivity index (χ2n) is 2.64. The van der Waals surface area contributed by atoms with Crippen molar-refractivity contribution in [2.75, 3.05) is 13.2 Å². The van der Waals surface area contributed by atoms with E-state index in [2.05, 4.69) is 0 Å². The van der Waals surface area contributed by atoms with Gasteiger partial charge in [0.15, 0.2) is 0 Å². The number of rotatable bonds is 2. The van der Waals surface area contributed by atoms with Gasteiger partial charge in [0.2, 0.25) is 0 Å². The number of hydrogen-bond donors (Lipinski definition) is 1. The van der Waals surface area contributed by atoms with E-state index >= 15 is 0 Å². The van der Waals surface area contributed by atoms with Crippen molar-refractivity contribution in [3.05, 3.63) is 0 Å². The average Bonchev–Trinajstić information content (AvgIpc) is 2.53. The van der Waals surface area contributed by atoms with Crippen LogP contribution in [-0.4, -0.2) is 30.2 Å². The summed E-state index contributed by atoms with van der Waals surface area (Å²) in [7, 11) is 0. The largest absolute Gasteiger partial charge is 0.320 e. The topological polar surface area (TPSA) is 55.6 Å². The lowest BCUT2D eigenvalue weighted by molar-refractivity contribution is -0.170. The van der Waals surface area contributed by atoms with Crippen LogP contribution in [0.5, 0.6) is 0 Å². The SMILES string of the molecule is CC[C@H](N)C(=O)N1CCCO1. The zero-order valence-corrected chi connectivity index (χ0v) is 6.75. The van der Waals surface area contributed by atoms with Crippen molar-refractivity contribution in [3.8, 4) is 0 Å². The Labute approximate surface area is 66.3 Å². The summed E-state index contributed by atoms with van der Waals surface area (Å²) < 4.78 is 0. The molecule has 0 radical (unpaired) electrons. The van der Waals surface area contributed by atoms with Crippen LogP contribution in [0.2, 0.25) is 0 Å². The van der Waals surface area contributed by atoms with Gasteiger partial charge in [-0.15, -0.1) is 0 Å². The molecule has 1 heterocycles. The summed E-state index contributed by atoms with van der Waals surface area (Å²) in [6.07, 6.45) is 1.58. The van der Waals surface area contributed by atoms with Crippen molar-refractivity contribution in [2.24, 2.45) is 5.73 Å². The van der Waals surface area contributed by atoms with Gasteiger partial charge in [0.1, 0.15) is 0 Å². The molecule has 0 spiro atoms. The van der Waals surface area contributed by atoms with Crippen LogP contribution in [0.15, 0.2) is 0 Å². The Morgan fingerprint density at radius 2 is 2.55 bits per heavy atom. The molecule has 0 saturated carbocycles. The second kappa shape index (κ2) is 3.69. The fraction of sp³-hybridized carbons (Fsp3) is 0.857. The van der Waals surface area contributed by atoms with Crippen molar-refractivity contribution < 1.29 is 9.63 Å². The molecule has 1 fully saturated rings. The number of hydroxylamine groups is 2. The highest BCUT2D eigenvalue weighted by molar-refractivity contribution is 5.80. The molecule has 1 amide bonds. The molecule has 2 N–H and O–H groups in total. The molecule has 0 aromatic rings. The molecule has 0 aliphatic carbocycles. The average molecular weight is 158 g/mol. The molecule has 1 rings (SSSR count). The molecule has 0 unspecified atom stereocenters. The van der Waals surface area contributed by atoms with Crippen molar-refractivity contribution >= 4 is 5.91 Å². The Balaban J connectivity index is 2.39. The number of nitrogens with zero attached hydrogens (tertiary/aromatic N) is 1. The minimum Gasteiger partial charge on any atom is -0.320 e. The first-order chi connectivity index (χ1) is 5.25. The third-order valence-corrected chi connectivity index (χ3v) is 1.76. The summed E-state index contributed by atoms with van der Waals surface area (Å²) in [6, 6.07) is -0.395. The molecule has 0 aromatic carbocycles. The van der Waals surface area contributed by atoms with Gasteiger partial charge in [0.05, 0.1) is 19.2 Å². The van der Waals surface area contributed by atoms with Gasteiger partial charge in [-0.05, 0) is 12.8 Å². The number of carbonyl (C=O) groups excluding carboxylic acids is 1. The van der Waals surface area contributed by atoms with Gasteiger partial charge in [0, 0.05) is 0 Å². The molecular weight excluding hydrogens is 144 g/mol. The van der Waals surface area contributed by atoms with E-state index in [1.54, 1.807) is 0 Å². The monoisotopic (exact) mass is 158 g/mol. The lowest BCUT2D eigenvalue weighted by Gasteiger charge is -2.17. The van der Waals surface area contributed by atoms with Crippen molar-refractivity contribution in [1.82, 2.24) is 5.06 Å². The molecular formula is C7H14N2O2. The van der Waals surface area contributed by atoms with Crippen LogP contribution in [0.3, 0.4) is 0 Å². The highest BCUT2D eigenvalue weighted by atomic mass is 16.7. The number of amides is 1. The third kappa shape index (κ3) is 1.91. The summed E-state index contributed by atoms with van der Waals surface area (Å²) in [4.78, 5) is 16.3. The smallest absolute Gasteiger partial charge is 0.262 e. The molecule has 64 valence electrons. The van der Waals surface area contributed by atoms with Crippen LogP contribution in [0, 0.1) is 0 Å². The van der Waals surface area contributed by atoms with E-state index in [1.165, 1.54) is 5.06 Å². The van der Waals surface area contributed by atoms with E-state index < -0.39 is 6.04 Å². The Hall–Kier alpha value is -0.610. The summed E-state index contributed by atoms with van der Waals surface area (Å²) >= 11 is 0. The molecule has 1 aliphatic rings. The minimum atomic E-state index is -0.395. The zero-order chi connectivity index (χ0) is 8.27. The second-order valence-corrected chi connectivity index (χ2v) is 2.64. The predicted molar refractivity (Wildman–Crippen MR) is 40.5 cm³/mol. The van der Waals surface area contributed by atoms with Gasteiger partial charge in [-0.1, -0.05) is 6.92 Å². The highest BCUT2D eigenvalue weighted by Gasteiger charge is 2.23. The van der Waals surface area contributed by atoms with Crippen molar-refractivity contribution in [3.63, 3.8) is 0 Å². The Kier molecular flexibility index (Phi) is 2.84.